The zero-order valence-corrected chi connectivity index (χ0v) is 18.2. The van der Waals surface area contributed by atoms with Crippen LogP contribution < -0.4 is 14.8 Å². The Hall–Kier alpha value is -3.30. The van der Waals surface area contributed by atoms with Gasteiger partial charge in [-0.15, -0.1) is 0 Å². The number of anilines is 1. The fourth-order valence-corrected chi connectivity index (χ4v) is 4.56. The number of hydrogen-bond acceptors (Lipinski definition) is 4. The SMILES string of the molecule is COc1ccc(C)cc1S(=O)(=O)N[C@@H](Cc1ccccc1)C(=O)Nc1c(F)cccc1F. The van der Waals surface area contributed by atoms with Crippen molar-refractivity contribution in [1.29, 1.82) is 0 Å². The highest BCUT2D eigenvalue weighted by Crippen LogP contribution is 2.25. The molecular weight excluding hydrogens is 438 g/mol. The third-order valence-electron chi connectivity index (χ3n) is 4.72. The largest absolute Gasteiger partial charge is 0.495 e. The van der Waals surface area contributed by atoms with E-state index < -0.39 is 39.3 Å². The molecule has 0 saturated heterocycles. The maximum absolute atomic E-state index is 14.0. The van der Waals surface area contributed by atoms with Crippen molar-refractivity contribution in [3.05, 3.63) is 89.5 Å². The van der Waals surface area contributed by atoms with Gasteiger partial charge >= 0.3 is 0 Å². The summed E-state index contributed by atoms with van der Waals surface area (Å²) in [6.45, 7) is 1.72. The summed E-state index contributed by atoms with van der Waals surface area (Å²) in [5.74, 6) is -2.75. The number of para-hydroxylation sites is 1. The van der Waals surface area contributed by atoms with Crippen molar-refractivity contribution in [2.24, 2.45) is 0 Å². The van der Waals surface area contributed by atoms with Crippen molar-refractivity contribution >= 4 is 21.6 Å². The summed E-state index contributed by atoms with van der Waals surface area (Å²) in [5, 5.41) is 2.17. The van der Waals surface area contributed by atoms with Crippen LogP contribution in [0.25, 0.3) is 0 Å². The van der Waals surface area contributed by atoms with Crippen molar-refractivity contribution in [3.63, 3.8) is 0 Å². The zero-order chi connectivity index (χ0) is 23.3. The Kier molecular flexibility index (Phi) is 7.22. The normalized spacial score (nSPS) is 12.2. The highest BCUT2D eigenvalue weighted by molar-refractivity contribution is 7.89. The number of amides is 1. The molecule has 0 saturated carbocycles. The second kappa shape index (κ2) is 9.88. The molecule has 0 aromatic heterocycles. The molecule has 1 atom stereocenters. The number of aryl methyl sites for hydroxylation is 1. The fraction of sp³-hybridized carbons (Fsp3) is 0.174. The third-order valence-corrected chi connectivity index (χ3v) is 6.21. The van der Waals surface area contributed by atoms with Gasteiger partial charge < -0.3 is 10.1 Å². The van der Waals surface area contributed by atoms with Crippen LogP contribution in [0.1, 0.15) is 11.1 Å². The summed E-state index contributed by atoms with van der Waals surface area (Å²) < 4.78 is 61.9. The third kappa shape index (κ3) is 5.49. The lowest BCUT2D eigenvalue weighted by molar-refractivity contribution is -0.117. The number of hydrogen-bond donors (Lipinski definition) is 2. The van der Waals surface area contributed by atoms with Crippen molar-refractivity contribution in [2.75, 3.05) is 12.4 Å². The first-order valence-electron chi connectivity index (χ1n) is 9.67. The number of nitrogens with one attached hydrogen (secondary N) is 2. The second-order valence-corrected chi connectivity index (χ2v) is 8.79. The van der Waals surface area contributed by atoms with Gasteiger partial charge in [-0.1, -0.05) is 42.5 Å². The van der Waals surface area contributed by atoms with E-state index in [1.165, 1.54) is 19.2 Å². The molecule has 2 N–H and O–H groups in total. The fourth-order valence-electron chi connectivity index (χ4n) is 3.11. The van der Waals surface area contributed by atoms with Gasteiger partial charge in [0.25, 0.3) is 0 Å². The van der Waals surface area contributed by atoms with E-state index in [0.29, 0.717) is 11.1 Å². The molecule has 0 bridgehead atoms. The molecule has 3 rings (SSSR count). The van der Waals surface area contributed by atoms with Crippen molar-refractivity contribution < 1.29 is 26.7 Å². The molecule has 9 heteroatoms. The number of carbonyl (C=O) groups excluding carboxylic acids is 1. The van der Waals surface area contributed by atoms with E-state index in [9.17, 15) is 22.0 Å². The summed E-state index contributed by atoms with van der Waals surface area (Å²) >= 11 is 0. The Labute approximate surface area is 185 Å². The van der Waals surface area contributed by atoms with E-state index in [0.717, 1.165) is 18.2 Å². The summed E-state index contributed by atoms with van der Waals surface area (Å²) in [7, 11) is -2.89. The summed E-state index contributed by atoms with van der Waals surface area (Å²) in [4.78, 5) is 12.8. The van der Waals surface area contributed by atoms with Gasteiger partial charge in [-0.05, 0) is 48.7 Å². The summed E-state index contributed by atoms with van der Waals surface area (Å²) in [6.07, 6.45) is -0.0455. The lowest BCUT2D eigenvalue weighted by Gasteiger charge is -2.20. The first-order valence-corrected chi connectivity index (χ1v) is 11.2. The smallest absolute Gasteiger partial charge is 0.245 e. The predicted molar refractivity (Wildman–Crippen MR) is 117 cm³/mol. The van der Waals surface area contributed by atoms with Gasteiger partial charge in [-0.25, -0.2) is 17.2 Å². The van der Waals surface area contributed by atoms with E-state index >= 15 is 0 Å². The van der Waals surface area contributed by atoms with Gasteiger partial charge in [0.1, 0.15) is 34.0 Å². The minimum atomic E-state index is -4.23. The first kappa shape index (κ1) is 23.4. The molecular formula is C23H22F2N2O4S. The lowest BCUT2D eigenvalue weighted by atomic mass is 10.1. The van der Waals surface area contributed by atoms with Gasteiger partial charge in [-0.2, -0.15) is 4.72 Å². The van der Waals surface area contributed by atoms with E-state index in [-0.39, 0.29) is 17.1 Å². The average Bonchev–Trinajstić information content (AvgIpc) is 2.76. The van der Waals surface area contributed by atoms with E-state index in [1.807, 2.05) is 0 Å². The average molecular weight is 461 g/mol. The van der Waals surface area contributed by atoms with Crippen molar-refractivity contribution in [2.45, 2.75) is 24.3 Å². The molecule has 168 valence electrons. The quantitative estimate of drug-likeness (QED) is 0.536. The van der Waals surface area contributed by atoms with Crippen LogP contribution in [-0.4, -0.2) is 27.5 Å². The molecule has 0 heterocycles. The highest BCUT2D eigenvalue weighted by Gasteiger charge is 2.29. The molecule has 3 aromatic carbocycles. The number of benzene rings is 3. The van der Waals surface area contributed by atoms with Crippen LogP contribution >= 0.6 is 0 Å². The Balaban J connectivity index is 1.96. The van der Waals surface area contributed by atoms with E-state index in [4.69, 9.17) is 4.74 Å². The first-order chi connectivity index (χ1) is 15.2. The van der Waals surface area contributed by atoms with Gasteiger partial charge in [0.15, 0.2) is 0 Å². The van der Waals surface area contributed by atoms with Crippen LogP contribution in [0.15, 0.2) is 71.6 Å². The number of sulfonamides is 1. The Morgan fingerprint density at radius 2 is 1.66 bits per heavy atom. The topological polar surface area (TPSA) is 84.5 Å². The number of rotatable bonds is 8. The molecule has 0 aliphatic heterocycles. The van der Waals surface area contributed by atoms with Gasteiger partial charge in [0, 0.05) is 0 Å². The zero-order valence-electron chi connectivity index (χ0n) is 17.4. The van der Waals surface area contributed by atoms with Crippen molar-refractivity contribution in [1.82, 2.24) is 4.72 Å². The standard InChI is InChI=1S/C23H22F2N2O4S/c1-15-11-12-20(31-2)21(13-15)32(29,30)27-19(14-16-7-4-3-5-8-16)23(28)26-22-17(24)9-6-10-18(22)25/h3-13,19,27H,14H2,1-2H3,(H,26,28)/t19-/m0/s1. The molecule has 32 heavy (non-hydrogen) atoms. The predicted octanol–water partition coefficient (Wildman–Crippen LogP) is 3.81. The molecule has 0 spiro atoms. The van der Waals surface area contributed by atoms with Crippen LogP contribution in [0, 0.1) is 18.6 Å². The molecule has 3 aromatic rings. The van der Waals surface area contributed by atoms with Gasteiger partial charge in [0.2, 0.25) is 15.9 Å². The Morgan fingerprint density at radius 3 is 2.28 bits per heavy atom. The molecule has 6 nitrogen and oxygen atoms in total. The second-order valence-electron chi connectivity index (χ2n) is 7.10. The van der Waals surface area contributed by atoms with Gasteiger partial charge in [-0.3, -0.25) is 4.79 Å². The van der Waals surface area contributed by atoms with Crippen molar-refractivity contribution in [3.8, 4) is 5.75 Å². The maximum atomic E-state index is 14.0. The van der Waals surface area contributed by atoms with Crippen LogP contribution in [0.5, 0.6) is 5.75 Å². The monoisotopic (exact) mass is 460 g/mol. The minimum absolute atomic E-state index is 0.0455. The Bertz CT molecular complexity index is 1200. The molecule has 0 aliphatic rings. The van der Waals surface area contributed by atoms with E-state index in [2.05, 4.69) is 10.0 Å². The molecule has 0 aliphatic carbocycles. The summed E-state index contributed by atoms with van der Waals surface area (Å²) in [6, 6.07) is 15.1. The minimum Gasteiger partial charge on any atom is -0.495 e. The maximum Gasteiger partial charge on any atom is 0.245 e. The van der Waals surface area contributed by atoms with Gasteiger partial charge in [0.05, 0.1) is 7.11 Å². The number of carbonyl (C=O) groups is 1. The van der Waals surface area contributed by atoms with Crippen LogP contribution in [0.4, 0.5) is 14.5 Å². The van der Waals surface area contributed by atoms with Crippen LogP contribution in [-0.2, 0) is 21.2 Å². The molecule has 0 radical (unpaired) electrons. The number of ether oxygens (including phenoxy) is 1. The Morgan fingerprint density at radius 1 is 1.00 bits per heavy atom. The van der Waals surface area contributed by atoms with Crippen LogP contribution in [0.3, 0.4) is 0 Å². The molecule has 1 amide bonds. The summed E-state index contributed by atoms with van der Waals surface area (Å²) in [5.41, 5.74) is 0.673. The number of methoxy groups -OCH3 is 1. The molecule has 0 unspecified atom stereocenters. The molecule has 0 fully saturated rings. The highest BCUT2D eigenvalue weighted by atomic mass is 32.2. The lowest BCUT2D eigenvalue weighted by Crippen LogP contribution is -2.45. The van der Waals surface area contributed by atoms with Crippen LogP contribution in [0.2, 0.25) is 0 Å². The number of halogens is 2. The van der Waals surface area contributed by atoms with E-state index in [1.54, 1.807) is 43.3 Å².